The number of aliphatic hydroxyl groups is 1. The Morgan fingerprint density at radius 2 is 1.53 bits per heavy atom. The normalized spacial score (nSPS) is 10.6. The Kier molecular flexibility index (Phi) is 6.45. The SMILES string of the molecule is COc1cc(OC)c(OC)cc1CCN(C)CCO. The first-order chi connectivity index (χ1) is 9.15. The van der Waals surface area contributed by atoms with Crippen molar-refractivity contribution in [2.75, 3.05) is 48.1 Å². The van der Waals surface area contributed by atoms with E-state index in [0.29, 0.717) is 18.0 Å². The van der Waals surface area contributed by atoms with Crippen LogP contribution in [0.15, 0.2) is 12.1 Å². The molecule has 5 heteroatoms. The fourth-order valence-electron chi connectivity index (χ4n) is 1.88. The monoisotopic (exact) mass is 269 g/mol. The Morgan fingerprint density at radius 3 is 2.05 bits per heavy atom. The lowest BCUT2D eigenvalue weighted by molar-refractivity contribution is 0.222. The minimum absolute atomic E-state index is 0.166. The lowest BCUT2D eigenvalue weighted by Gasteiger charge is -2.17. The number of ether oxygens (including phenoxy) is 3. The third-order valence-electron chi connectivity index (χ3n) is 3.03. The van der Waals surface area contributed by atoms with Gasteiger partial charge in [0.1, 0.15) is 5.75 Å². The molecule has 1 aromatic carbocycles. The largest absolute Gasteiger partial charge is 0.496 e. The van der Waals surface area contributed by atoms with Crippen molar-refractivity contribution in [3.63, 3.8) is 0 Å². The number of nitrogens with zero attached hydrogens (tertiary/aromatic N) is 1. The maximum Gasteiger partial charge on any atom is 0.164 e. The van der Waals surface area contributed by atoms with E-state index in [9.17, 15) is 0 Å². The van der Waals surface area contributed by atoms with Gasteiger partial charge in [-0.2, -0.15) is 0 Å². The van der Waals surface area contributed by atoms with Crippen LogP contribution in [0, 0.1) is 0 Å². The Hall–Kier alpha value is -1.46. The maximum absolute atomic E-state index is 8.88. The molecule has 0 bridgehead atoms. The van der Waals surface area contributed by atoms with Crippen LogP contribution in [0.1, 0.15) is 5.56 Å². The first-order valence-electron chi connectivity index (χ1n) is 6.24. The van der Waals surface area contributed by atoms with E-state index in [2.05, 4.69) is 4.90 Å². The van der Waals surface area contributed by atoms with E-state index >= 15 is 0 Å². The van der Waals surface area contributed by atoms with E-state index in [0.717, 1.165) is 24.3 Å². The van der Waals surface area contributed by atoms with E-state index in [1.807, 2.05) is 19.2 Å². The zero-order valence-electron chi connectivity index (χ0n) is 12.1. The molecule has 0 amide bonds. The lowest BCUT2D eigenvalue weighted by atomic mass is 10.1. The van der Waals surface area contributed by atoms with Crippen LogP contribution in [0.3, 0.4) is 0 Å². The van der Waals surface area contributed by atoms with Gasteiger partial charge in [-0.25, -0.2) is 0 Å². The van der Waals surface area contributed by atoms with Gasteiger partial charge in [-0.15, -0.1) is 0 Å². The third kappa shape index (κ3) is 4.29. The molecule has 0 unspecified atom stereocenters. The molecule has 0 heterocycles. The highest BCUT2D eigenvalue weighted by Gasteiger charge is 2.12. The molecule has 108 valence electrons. The fraction of sp³-hybridized carbons (Fsp3) is 0.571. The summed E-state index contributed by atoms with van der Waals surface area (Å²) in [4.78, 5) is 2.07. The van der Waals surface area contributed by atoms with Gasteiger partial charge in [0.05, 0.1) is 27.9 Å². The Balaban J connectivity index is 2.86. The number of aliphatic hydroxyl groups excluding tert-OH is 1. The molecule has 1 aromatic rings. The summed E-state index contributed by atoms with van der Waals surface area (Å²) in [6.07, 6.45) is 0.819. The summed E-state index contributed by atoms with van der Waals surface area (Å²) in [5.74, 6) is 2.14. The molecular formula is C14H23NO4. The van der Waals surface area contributed by atoms with Crippen molar-refractivity contribution in [1.82, 2.24) is 4.90 Å². The molecule has 1 rings (SSSR count). The Bertz CT molecular complexity index is 395. The second kappa shape index (κ2) is 7.86. The molecule has 1 N–H and O–H groups in total. The summed E-state index contributed by atoms with van der Waals surface area (Å²) in [5, 5.41) is 8.88. The topological polar surface area (TPSA) is 51.2 Å². The second-order valence-electron chi connectivity index (χ2n) is 4.30. The van der Waals surface area contributed by atoms with Gasteiger partial charge in [-0.3, -0.25) is 0 Å². The van der Waals surface area contributed by atoms with Crippen molar-refractivity contribution in [2.45, 2.75) is 6.42 Å². The molecule has 19 heavy (non-hydrogen) atoms. The van der Waals surface area contributed by atoms with Crippen molar-refractivity contribution in [3.8, 4) is 17.2 Å². The van der Waals surface area contributed by atoms with Crippen LogP contribution < -0.4 is 14.2 Å². The molecule has 0 aromatic heterocycles. The number of likely N-dealkylation sites (N-methyl/N-ethyl adjacent to an activating group) is 1. The van der Waals surface area contributed by atoms with E-state index in [1.165, 1.54) is 0 Å². The van der Waals surface area contributed by atoms with Crippen molar-refractivity contribution in [1.29, 1.82) is 0 Å². The molecule has 0 aliphatic heterocycles. The highest BCUT2D eigenvalue weighted by Crippen LogP contribution is 2.34. The molecular weight excluding hydrogens is 246 g/mol. The second-order valence-corrected chi connectivity index (χ2v) is 4.30. The average Bonchev–Trinajstić information content (AvgIpc) is 2.44. The van der Waals surface area contributed by atoms with Crippen molar-refractivity contribution in [3.05, 3.63) is 17.7 Å². The number of benzene rings is 1. The predicted octanol–water partition coefficient (Wildman–Crippen LogP) is 1.18. The average molecular weight is 269 g/mol. The van der Waals surface area contributed by atoms with Crippen molar-refractivity contribution < 1.29 is 19.3 Å². The first kappa shape index (κ1) is 15.6. The summed E-state index contributed by atoms with van der Waals surface area (Å²) < 4.78 is 15.9. The molecule has 0 aliphatic carbocycles. The van der Waals surface area contributed by atoms with Crippen LogP contribution in [0.25, 0.3) is 0 Å². The van der Waals surface area contributed by atoms with Crippen LogP contribution in [0.5, 0.6) is 17.2 Å². The zero-order chi connectivity index (χ0) is 14.3. The van der Waals surface area contributed by atoms with Crippen LogP contribution in [-0.2, 0) is 6.42 Å². The van der Waals surface area contributed by atoms with Gasteiger partial charge in [0.2, 0.25) is 0 Å². The van der Waals surface area contributed by atoms with Gasteiger partial charge >= 0.3 is 0 Å². The molecule has 0 spiro atoms. The van der Waals surface area contributed by atoms with Crippen LogP contribution in [-0.4, -0.2) is 58.1 Å². The first-order valence-corrected chi connectivity index (χ1v) is 6.24. The molecule has 0 radical (unpaired) electrons. The van der Waals surface area contributed by atoms with E-state index in [1.54, 1.807) is 21.3 Å². The fourth-order valence-corrected chi connectivity index (χ4v) is 1.88. The van der Waals surface area contributed by atoms with E-state index < -0.39 is 0 Å². The maximum atomic E-state index is 8.88. The highest BCUT2D eigenvalue weighted by molar-refractivity contribution is 5.50. The third-order valence-corrected chi connectivity index (χ3v) is 3.03. The van der Waals surface area contributed by atoms with Crippen LogP contribution in [0.4, 0.5) is 0 Å². The van der Waals surface area contributed by atoms with Crippen LogP contribution >= 0.6 is 0 Å². The number of hydrogen-bond donors (Lipinski definition) is 1. The van der Waals surface area contributed by atoms with Gasteiger partial charge < -0.3 is 24.2 Å². The summed E-state index contributed by atoms with van der Waals surface area (Å²) in [6.45, 7) is 1.67. The van der Waals surface area contributed by atoms with Crippen molar-refractivity contribution in [2.24, 2.45) is 0 Å². The quantitative estimate of drug-likeness (QED) is 0.768. The number of methoxy groups -OCH3 is 3. The Morgan fingerprint density at radius 1 is 0.947 bits per heavy atom. The molecule has 0 saturated carbocycles. The highest BCUT2D eigenvalue weighted by atomic mass is 16.5. The lowest BCUT2D eigenvalue weighted by Crippen LogP contribution is -2.24. The van der Waals surface area contributed by atoms with Gasteiger partial charge in [0.25, 0.3) is 0 Å². The van der Waals surface area contributed by atoms with Gasteiger partial charge in [0.15, 0.2) is 11.5 Å². The minimum Gasteiger partial charge on any atom is -0.496 e. The van der Waals surface area contributed by atoms with Gasteiger partial charge in [-0.1, -0.05) is 0 Å². The predicted molar refractivity (Wildman–Crippen MR) is 74.4 cm³/mol. The minimum atomic E-state index is 0.166. The Labute approximate surface area is 114 Å². The summed E-state index contributed by atoms with van der Waals surface area (Å²) in [6, 6.07) is 3.77. The van der Waals surface area contributed by atoms with Crippen LogP contribution in [0.2, 0.25) is 0 Å². The standard InChI is InChI=1S/C14H23NO4/c1-15(7-8-16)6-5-11-9-13(18-3)14(19-4)10-12(11)17-2/h9-10,16H,5-8H2,1-4H3. The molecule has 0 saturated heterocycles. The van der Waals surface area contributed by atoms with Crippen molar-refractivity contribution >= 4 is 0 Å². The van der Waals surface area contributed by atoms with Gasteiger partial charge in [-0.05, 0) is 25.1 Å². The molecule has 5 nitrogen and oxygen atoms in total. The van der Waals surface area contributed by atoms with Gasteiger partial charge in [0, 0.05) is 19.2 Å². The molecule has 0 atom stereocenters. The molecule has 0 fully saturated rings. The zero-order valence-corrected chi connectivity index (χ0v) is 12.1. The number of rotatable bonds is 8. The summed E-state index contributed by atoms with van der Waals surface area (Å²) in [5.41, 5.74) is 1.06. The number of hydrogen-bond acceptors (Lipinski definition) is 5. The smallest absolute Gasteiger partial charge is 0.164 e. The summed E-state index contributed by atoms with van der Waals surface area (Å²) in [7, 11) is 6.84. The van der Waals surface area contributed by atoms with E-state index in [-0.39, 0.29) is 6.61 Å². The summed E-state index contributed by atoms with van der Waals surface area (Å²) >= 11 is 0. The molecule has 0 aliphatic rings. The van der Waals surface area contributed by atoms with E-state index in [4.69, 9.17) is 19.3 Å².